The number of ether oxygens (including phenoxy) is 1. The molecule has 0 aliphatic carbocycles. The minimum atomic E-state index is -1.14. The molecule has 1 unspecified atom stereocenters. The van der Waals surface area contributed by atoms with E-state index in [0.717, 1.165) is 11.3 Å². The summed E-state index contributed by atoms with van der Waals surface area (Å²) >= 11 is 1.13. The van der Waals surface area contributed by atoms with E-state index in [0.29, 0.717) is 0 Å². The molecule has 0 fully saturated rings. The first-order valence-corrected chi connectivity index (χ1v) is 6.81. The predicted octanol–water partition coefficient (Wildman–Crippen LogP) is 0.751. The van der Waals surface area contributed by atoms with Gasteiger partial charge < -0.3 is 15.2 Å². The number of alkyl carbamates (subject to hydrolysis) is 1. The smallest absolute Gasteiger partial charge is 0.408 e. The maximum atomic E-state index is 12.0. The van der Waals surface area contributed by atoms with E-state index >= 15 is 0 Å². The SMILES string of the molecule is CC(O)[C@H](NC(=O)OC(C)(C)C)C(=O)Nc1nncs1. The first kappa shape index (κ1) is 16.3. The maximum absolute atomic E-state index is 12.0. The summed E-state index contributed by atoms with van der Waals surface area (Å²) in [5.74, 6) is -0.595. The minimum Gasteiger partial charge on any atom is -0.444 e. The van der Waals surface area contributed by atoms with Crippen molar-refractivity contribution in [2.45, 2.75) is 45.4 Å². The van der Waals surface area contributed by atoms with Gasteiger partial charge in [-0.25, -0.2) is 4.79 Å². The average molecular weight is 302 g/mol. The number of amides is 2. The van der Waals surface area contributed by atoms with Gasteiger partial charge in [-0.3, -0.25) is 10.1 Å². The number of anilines is 1. The summed E-state index contributed by atoms with van der Waals surface area (Å²) in [6.45, 7) is 6.49. The number of hydrogen-bond acceptors (Lipinski definition) is 7. The third-order valence-corrected chi connectivity index (χ3v) is 2.63. The number of aliphatic hydroxyl groups excluding tert-OH is 1. The molecule has 8 nitrogen and oxygen atoms in total. The zero-order valence-electron chi connectivity index (χ0n) is 11.7. The molecule has 1 aromatic heterocycles. The quantitative estimate of drug-likeness (QED) is 0.756. The van der Waals surface area contributed by atoms with Gasteiger partial charge in [0.15, 0.2) is 0 Å². The molecule has 9 heteroatoms. The molecule has 0 saturated heterocycles. The van der Waals surface area contributed by atoms with Crippen molar-refractivity contribution < 1.29 is 19.4 Å². The lowest BCUT2D eigenvalue weighted by molar-refractivity contribution is -0.120. The fourth-order valence-electron chi connectivity index (χ4n) is 1.25. The minimum absolute atomic E-state index is 0.284. The monoisotopic (exact) mass is 302 g/mol. The van der Waals surface area contributed by atoms with Gasteiger partial charge in [0, 0.05) is 0 Å². The normalized spacial score (nSPS) is 14.2. The second-order valence-corrected chi connectivity index (χ2v) is 5.93. The van der Waals surface area contributed by atoms with Gasteiger partial charge in [0.25, 0.3) is 5.91 Å². The van der Waals surface area contributed by atoms with Crippen LogP contribution in [0.15, 0.2) is 5.51 Å². The second kappa shape index (κ2) is 6.62. The van der Waals surface area contributed by atoms with Crippen LogP contribution in [-0.2, 0) is 9.53 Å². The van der Waals surface area contributed by atoms with Crippen molar-refractivity contribution in [3.05, 3.63) is 5.51 Å². The van der Waals surface area contributed by atoms with Crippen molar-refractivity contribution in [1.82, 2.24) is 15.5 Å². The van der Waals surface area contributed by atoms with Gasteiger partial charge in [-0.2, -0.15) is 0 Å². The zero-order chi connectivity index (χ0) is 15.3. The topological polar surface area (TPSA) is 113 Å². The zero-order valence-corrected chi connectivity index (χ0v) is 12.5. The predicted molar refractivity (Wildman–Crippen MR) is 73.4 cm³/mol. The first-order valence-electron chi connectivity index (χ1n) is 5.93. The summed E-state index contributed by atoms with van der Waals surface area (Å²) in [5, 5.41) is 21.9. The lowest BCUT2D eigenvalue weighted by atomic mass is 10.1. The molecule has 1 heterocycles. The highest BCUT2D eigenvalue weighted by Gasteiger charge is 2.28. The number of rotatable bonds is 4. The highest BCUT2D eigenvalue weighted by atomic mass is 32.1. The van der Waals surface area contributed by atoms with E-state index in [1.54, 1.807) is 20.8 Å². The molecule has 0 aliphatic rings. The van der Waals surface area contributed by atoms with Crippen molar-refractivity contribution >= 4 is 28.5 Å². The Bertz CT molecular complexity index is 455. The molecule has 0 radical (unpaired) electrons. The van der Waals surface area contributed by atoms with Crippen LogP contribution in [-0.4, -0.2) is 45.1 Å². The Hall–Kier alpha value is -1.74. The lowest BCUT2D eigenvalue weighted by Gasteiger charge is -2.24. The summed E-state index contributed by atoms with van der Waals surface area (Å²) in [6, 6.07) is -1.14. The van der Waals surface area contributed by atoms with Crippen LogP contribution in [0.5, 0.6) is 0 Å². The van der Waals surface area contributed by atoms with Crippen LogP contribution in [0.1, 0.15) is 27.7 Å². The number of carbonyl (C=O) groups excluding carboxylic acids is 2. The Morgan fingerprint density at radius 3 is 2.55 bits per heavy atom. The number of aliphatic hydroxyl groups is 1. The van der Waals surface area contributed by atoms with E-state index in [2.05, 4.69) is 20.8 Å². The number of nitrogens with zero attached hydrogens (tertiary/aromatic N) is 2. The average Bonchev–Trinajstić information content (AvgIpc) is 2.75. The molecule has 0 saturated carbocycles. The standard InChI is InChI=1S/C11H18N4O4S/c1-6(16)7(13-10(18)19-11(2,3)4)8(17)14-9-15-12-5-20-9/h5-7,16H,1-4H3,(H,13,18)(H,14,15,17)/t6?,7-/m0/s1. The third kappa shape index (κ3) is 5.49. The van der Waals surface area contributed by atoms with E-state index in [4.69, 9.17) is 4.74 Å². The van der Waals surface area contributed by atoms with Gasteiger partial charge in [0.2, 0.25) is 5.13 Å². The van der Waals surface area contributed by atoms with Crippen LogP contribution in [0.2, 0.25) is 0 Å². The van der Waals surface area contributed by atoms with Crippen molar-refractivity contribution in [3.63, 3.8) is 0 Å². The van der Waals surface area contributed by atoms with Crippen molar-refractivity contribution in [2.24, 2.45) is 0 Å². The highest BCUT2D eigenvalue weighted by Crippen LogP contribution is 2.10. The summed E-state index contributed by atoms with van der Waals surface area (Å²) in [4.78, 5) is 23.6. The highest BCUT2D eigenvalue weighted by molar-refractivity contribution is 7.13. The van der Waals surface area contributed by atoms with Crippen LogP contribution in [0.4, 0.5) is 9.93 Å². The Balaban J connectivity index is 2.64. The Kier molecular flexibility index (Phi) is 5.40. The van der Waals surface area contributed by atoms with Gasteiger partial charge in [-0.15, -0.1) is 10.2 Å². The van der Waals surface area contributed by atoms with Gasteiger partial charge in [-0.1, -0.05) is 11.3 Å². The van der Waals surface area contributed by atoms with Crippen molar-refractivity contribution in [2.75, 3.05) is 5.32 Å². The first-order chi connectivity index (χ1) is 9.19. The van der Waals surface area contributed by atoms with Crippen LogP contribution in [0.25, 0.3) is 0 Å². The molecule has 1 aromatic rings. The van der Waals surface area contributed by atoms with E-state index in [1.165, 1.54) is 12.4 Å². The van der Waals surface area contributed by atoms with Gasteiger partial charge in [0.05, 0.1) is 6.10 Å². The Morgan fingerprint density at radius 1 is 1.45 bits per heavy atom. The van der Waals surface area contributed by atoms with Crippen LogP contribution < -0.4 is 10.6 Å². The fourth-order valence-corrected chi connectivity index (χ4v) is 1.70. The maximum Gasteiger partial charge on any atom is 0.408 e. The molecule has 0 bridgehead atoms. The lowest BCUT2D eigenvalue weighted by Crippen LogP contribution is -2.51. The van der Waals surface area contributed by atoms with Crippen LogP contribution in [0, 0.1) is 0 Å². The number of carbonyl (C=O) groups is 2. The summed E-state index contributed by atoms with van der Waals surface area (Å²) in [5.41, 5.74) is 0.761. The Labute approximate surface area is 120 Å². The Morgan fingerprint density at radius 2 is 2.10 bits per heavy atom. The van der Waals surface area contributed by atoms with Gasteiger partial charge in [0.1, 0.15) is 17.2 Å². The summed E-state index contributed by atoms with van der Waals surface area (Å²) in [7, 11) is 0. The van der Waals surface area contributed by atoms with Crippen LogP contribution >= 0.6 is 11.3 Å². The molecular weight excluding hydrogens is 284 g/mol. The molecular formula is C11H18N4O4S. The molecule has 0 spiro atoms. The molecule has 20 heavy (non-hydrogen) atoms. The van der Waals surface area contributed by atoms with Gasteiger partial charge >= 0.3 is 6.09 Å². The summed E-state index contributed by atoms with van der Waals surface area (Å²) < 4.78 is 5.04. The fraction of sp³-hybridized carbons (Fsp3) is 0.636. The number of hydrogen-bond donors (Lipinski definition) is 3. The molecule has 2 amide bonds. The number of aromatic nitrogens is 2. The van der Waals surface area contributed by atoms with E-state index < -0.39 is 29.7 Å². The van der Waals surface area contributed by atoms with E-state index in [-0.39, 0.29) is 5.13 Å². The molecule has 2 atom stereocenters. The summed E-state index contributed by atoms with van der Waals surface area (Å²) in [6.07, 6.45) is -1.87. The molecule has 112 valence electrons. The second-order valence-electron chi connectivity index (χ2n) is 5.10. The molecule has 0 aromatic carbocycles. The third-order valence-electron chi connectivity index (χ3n) is 2.03. The molecule has 3 N–H and O–H groups in total. The van der Waals surface area contributed by atoms with E-state index in [1.807, 2.05) is 0 Å². The molecule has 0 aliphatic heterocycles. The van der Waals surface area contributed by atoms with E-state index in [9.17, 15) is 14.7 Å². The van der Waals surface area contributed by atoms with Gasteiger partial charge in [-0.05, 0) is 27.7 Å². The number of nitrogens with one attached hydrogen (secondary N) is 2. The largest absolute Gasteiger partial charge is 0.444 e. The van der Waals surface area contributed by atoms with Crippen LogP contribution in [0.3, 0.4) is 0 Å². The van der Waals surface area contributed by atoms with Crippen molar-refractivity contribution in [3.8, 4) is 0 Å². The molecule has 1 rings (SSSR count). The van der Waals surface area contributed by atoms with Crippen molar-refractivity contribution in [1.29, 1.82) is 0 Å².